The molecular formula is C17H14FN3O3S. The van der Waals surface area contributed by atoms with Gasteiger partial charge >= 0.3 is 0 Å². The van der Waals surface area contributed by atoms with Crippen molar-refractivity contribution in [2.75, 3.05) is 11.9 Å². The van der Waals surface area contributed by atoms with Gasteiger partial charge in [0.05, 0.1) is 5.69 Å². The Labute approximate surface area is 146 Å². The molecule has 1 unspecified atom stereocenters. The van der Waals surface area contributed by atoms with Gasteiger partial charge in [-0.2, -0.15) is 4.98 Å². The number of anilines is 1. The van der Waals surface area contributed by atoms with Gasteiger partial charge in [-0.25, -0.2) is 4.39 Å². The van der Waals surface area contributed by atoms with E-state index in [9.17, 15) is 9.18 Å². The fraction of sp³-hybridized carbons (Fsp3) is 0.235. The van der Waals surface area contributed by atoms with Crippen LogP contribution in [0.15, 0.2) is 40.2 Å². The van der Waals surface area contributed by atoms with Gasteiger partial charge in [0, 0.05) is 12.2 Å². The van der Waals surface area contributed by atoms with Crippen LogP contribution < -0.4 is 5.32 Å². The van der Waals surface area contributed by atoms with Crippen molar-refractivity contribution >= 4 is 22.9 Å². The average molecular weight is 359 g/mol. The second-order valence-corrected chi connectivity index (χ2v) is 6.50. The van der Waals surface area contributed by atoms with Crippen LogP contribution in [0.1, 0.15) is 12.8 Å². The SMILES string of the molecule is O=C(Nc1ccsc1-c1nc(-c2ccc(F)cc2)no1)C1CCCO1. The smallest absolute Gasteiger partial charge is 0.270 e. The second kappa shape index (κ2) is 6.73. The van der Waals surface area contributed by atoms with Crippen molar-refractivity contribution < 1.29 is 18.4 Å². The second-order valence-electron chi connectivity index (χ2n) is 5.58. The number of nitrogens with one attached hydrogen (secondary N) is 1. The highest BCUT2D eigenvalue weighted by molar-refractivity contribution is 7.14. The van der Waals surface area contributed by atoms with E-state index in [0.29, 0.717) is 34.4 Å². The molecule has 1 atom stereocenters. The number of hydrogen-bond acceptors (Lipinski definition) is 6. The molecule has 1 aliphatic rings. The van der Waals surface area contributed by atoms with E-state index in [1.54, 1.807) is 18.2 Å². The van der Waals surface area contributed by atoms with Gasteiger partial charge in [-0.1, -0.05) is 5.16 Å². The topological polar surface area (TPSA) is 77.3 Å². The molecule has 1 amide bonds. The summed E-state index contributed by atoms with van der Waals surface area (Å²) in [5.41, 5.74) is 1.26. The van der Waals surface area contributed by atoms with Crippen LogP contribution in [0.3, 0.4) is 0 Å². The minimum atomic E-state index is -0.412. The minimum Gasteiger partial charge on any atom is -0.368 e. The molecule has 6 nitrogen and oxygen atoms in total. The number of carbonyl (C=O) groups excluding carboxylic acids is 1. The molecule has 0 aliphatic carbocycles. The molecule has 2 aromatic heterocycles. The minimum absolute atomic E-state index is 0.171. The number of rotatable bonds is 4. The molecular weight excluding hydrogens is 345 g/mol. The van der Waals surface area contributed by atoms with E-state index in [2.05, 4.69) is 15.5 Å². The molecule has 128 valence electrons. The Morgan fingerprint density at radius 1 is 1.28 bits per heavy atom. The fourth-order valence-electron chi connectivity index (χ4n) is 2.60. The number of nitrogens with zero attached hydrogens (tertiary/aromatic N) is 2. The summed E-state index contributed by atoms with van der Waals surface area (Å²) in [6, 6.07) is 7.62. The van der Waals surface area contributed by atoms with Gasteiger partial charge in [0.25, 0.3) is 11.8 Å². The van der Waals surface area contributed by atoms with Crippen LogP contribution in [0.5, 0.6) is 0 Å². The van der Waals surface area contributed by atoms with Gasteiger partial charge in [-0.3, -0.25) is 4.79 Å². The van der Waals surface area contributed by atoms with Crippen LogP contribution in [-0.4, -0.2) is 28.8 Å². The standard InChI is InChI=1S/C17H14FN3O3S/c18-11-5-3-10(4-6-11)15-20-17(24-21-15)14-12(7-9-25-14)19-16(22)13-2-1-8-23-13/h3-7,9,13H,1-2,8H2,(H,19,22). The summed E-state index contributed by atoms with van der Waals surface area (Å²) in [4.78, 5) is 17.2. The van der Waals surface area contributed by atoms with Crippen molar-refractivity contribution in [1.82, 2.24) is 10.1 Å². The summed E-state index contributed by atoms with van der Waals surface area (Å²) in [5, 5.41) is 8.62. The van der Waals surface area contributed by atoms with Crippen molar-refractivity contribution in [3.63, 3.8) is 0 Å². The zero-order valence-corrected chi connectivity index (χ0v) is 13.9. The van der Waals surface area contributed by atoms with Crippen LogP contribution >= 0.6 is 11.3 Å². The van der Waals surface area contributed by atoms with Crippen LogP contribution in [0.4, 0.5) is 10.1 Å². The highest BCUT2D eigenvalue weighted by atomic mass is 32.1. The summed E-state index contributed by atoms with van der Waals surface area (Å²) in [6.07, 6.45) is 1.20. The van der Waals surface area contributed by atoms with Gasteiger partial charge in [-0.05, 0) is 48.6 Å². The van der Waals surface area contributed by atoms with Crippen LogP contribution in [0.25, 0.3) is 22.2 Å². The highest BCUT2D eigenvalue weighted by Crippen LogP contribution is 2.34. The maximum Gasteiger partial charge on any atom is 0.270 e. The van der Waals surface area contributed by atoms with Gasteiger partial charge in [0.1, 0.15) is 16.8 Å². The quantitative estimate of drug-likeness (QED) is 0.768. The van der Waals surface area contributed by atoms with E-state index in [4.69, 9.17) is 9.26 Å². The lowest BCUT2D eigenvalue weighted by atomic mass is 10.2. The summed E-state index contributed by atoms with van der Waals surface area (Å²) in [7, 11) is 0. The van der Waals surface area contributed by atoms with E-state index in [1.807, 2.05) is 5.38 Å². The molecule has 1 aromatic carbocycles. The Morgan fingerprint density at radius 3 is 2.88 bits per heavy atom. The van der Waals surface area contributed by atoms with Crippen molar-refractivity contribution in [2.45, 2.75) is 18.9 Å². The first-order valence-electron chi connectivity index (χ1n) is 7.81. The summed E-state index contributed by atoms with van der Waals surface area (Å²) < 4.78 is 23.7. The van der Waals surface area contributed by atoms with Crippen molar-refractivity contribution in [1.29, 1.82) is 0 Å². The lowest BCUT2D eigenvalue weighted by Gasteiger charge is -2.09. The number of thiophene rings is 1. The largest absolute Gasteiger partial charge is 0.368 e. The van der Waals surface area contributed by atoms with Gasteiger partial charge in [0.2, 0.25) is 5.82 Å². The van der Waals surface area contributed by atoms with Crippen LogP contribution in [0, 0.1) is 5.82 Å². The number of carbonyl (C=O) groups is 1. The Hall–Kier alpha value is -2.58. The lowest BCUT2D eigenvalue weighted by Crippen LogP contribution is -2.26. The first-order valence-corrected chi connectivity index (χ1v) is 8.68. The molecule has 0 radical (unpaired) electrons. The molecule has 3 aromatic rings. The van der Waals surface area contributed by atoms with E-state index in [-0.39, 0.29) is 11.7 Å². The average Bonchev–Trinajstić information content (AvgIpc) is 3.36. The molecule has 8 heteroatoms. The maximum atomic E-state index is 13.0. The fourth-order valence-corrected chi connectivity index (χ4v) is 3.37. The predicted molar refractivity (Wildman–Crippen MR) is 90.6 cm³/mol. The Balaban J connectivity index is 1.56. The molecule has 0 bridgehead atoms. The summed E-state index contributed by atoms with van der Waals surface area (Å²) in [5.74, 6) is 0.164. The molecule has 0 saturated carbocycles. The van der Waals surface area contributed by atoms with Crippen LogP contribution in [0.2, 0.25) is 0 Å². The number of aromatic nitrogens is 2. The Kier molecular flexibility index (Phi) is 4.29. The Bertz CT molecular complexity index is 885. The lowest BCUT2D eigenvalue weighted by molar-refractivity contribution is -0.124. The third-order valence-corrected chi connectivity index (χ3v) is 4.77. The molecule has 1 N–H and O–H groups in total. The molecule has 1 fully saturated rings. The van der Waals surface area contributed by atoms with Crippen LogP contribution in [-0.2, 0) is 9.53 Å². The molecule has 0 spiro atoms. The number of benzene rings is 1. The zero-order chi connectivity index (χ0) is 17.2. The molecule has 3 heterocycles. The van der Waals surface area contributed by atoms with Crippen molar-refractivity contribution in [3.8, 4) is 22.2 Å². The van der Waals surface area contributed by atoms with E-state index in [1.165, 1.54) is 23.5 Å². The summed E-state index contributed by atoms with van der Waals surface area (Å²) in [6.45, 7) is 0.610. The van der Waals surface area contributed by atoms with Gasteiger partial charge in [0.15, 0.2) is 0 Å². The number of amides is 1. The summed E-state index contributed by atoms with van der Waals surface area (Å²) >= 11 is 1.39. The first-order chi connectivity index (χ1) is 12.2. The number of ether oxygens (including phenoxy) is 1. The maximum absolute atomic E-state index is 13.0. The van der Waals surface area contributed by atoms with E-state index >= 15 is 0 Å². The van der Waals surface area contributed by atoms with Gasteiger partial charge in [-0.15, -0.1) is 11.3 Å². The normalized spacial score (nSPS) is 16.9. The monoisotopic (exact) mass is 359 g/mol. The molecule has 25 heavy (non-hydrogen) atoms. The van der Waals surface area contributed by atoms with Crippen molar-refractivity contribution in [3.05, 3.63) is 41.5 Å². The van der Waals surface area contributed by atoms with E-state index < -0.39 is 6.10 Å². The molecule has 1 aliphatic heterocycles. The zero-order valence-electron chi connectivity index (χ0n) is 13.1. The number of halogens is 1. The highest BCUT2D eigenvalue weighted by Gasteiger charge is 2.25. The van der Waals surface area contributed by atoms with Crippen molar-refractivity contribution in [2.24, 2.45) is 0 Å². The third-order valence-electron chi connectivity index (χ3n) is 3.87. The molecule has 1 saturated heterocycles. The third kappa shape index (κ3) is 3.31. The first kappa shape index (κ1) is 15.9. The van der Waals surface area contributed by atoms with E-state index in [0.717, 1.165) is 12.8 Å². The van der Waals surface area contributed by atoms with Gasteiger partial charge < -0.3 is 14.6 Å². The molecule has 4 rings (SSSR count). The Morgan fingerprint density at radius 2 is 2.12 bits per heavy atom. The number of hydrogen-bond donors (Lipinski definition) is 1. The predicted octanol–water partition coefficient (Wildman–Crippen LogP) is 3.72.